The SMILES string of the molecule is CCCc1[c]p(CCC)cc1. The Kier molecular flexibility index (Phi) is 3.72. The second-order valence-corrected chi connectivity index (χ2v) is 4.80. The van der Waals surface area contributed by atoms with Gasteiger partial charge < -0.3 is 0 Å². The molecule has 1 heteroatoms. The van der Waals surface area contributed by atoms with Crippen molar-refractivity contribution < 1.29 is 0 Å². The van der Waals surface area contributed by atoms with Gasteiger partial charge >= 0.3 is 0 Å². The van der Waals surface area contributed by atoms with E-state index >= 15 is 0 Å². The summed E-state index contributed by atoms with van der Waals surface area (Å²) < 4.78 is 0. The van der Waals surface area contributed by atoms with Crippen LogP contribution in [0, 0.1) is 5.80 Å². The highest BCUT2D eigenvalue weighted by molar-refractivity contribution is 7.47. The Balaban J connectivity index is 2.51. The van der Waals surface area contributed by atoms with E-state index in [-0.39, 0.29) is 7.53 Å². The molecule has 1 aromatic rings. The lowest BCUT2D eigenvalue weighted by Crippen LogP contribution is -1.74. The van der Waals surface area contributed by atoms with Crippen LogP contribution in [0.5, 0.6) is 0 Å². The van der Waals surface area contributed by atoms with E-state index in [1.54, 1.807) is 0 Å². The minimum absolute atomic E-state index is 0.0363. The first-order chi connectivity index (χ1) is 5.36. The standard InChI is InChI=1S/C10H16P/c1-3-5-10-6-8-11(9-10)7-4-2/h6,8H,3-5,7H2,1-2H3. The fourth-order valence-corrected chi connectivity index (χ4v) is 2.95. The quantitative estimate of drug-likeness (QED) is 0.639. The Hall–Kier alpha value is -0.220. The number of hydrogen-bond acceptors (Lipinski definition) is 0. The minimum Gasteiger partial charge on any atom is -0.116 e. The number of aryl methyl sites for hydroxylation is 2. The van der Waals surface area contributed by atoms with Gasteiger partial charge in [0.05, 0.1) is 0 Å². The number of rotatable bonds is 4. The maximum absolute atomic E-state index is 3.56. The van der Waals surface area contributed by atoms with Crippen LogP contribution in [0.15, 0.2) is 11.9 Å². The first-order valence-corrected chi connectivity index (χ1v) is 6.03. The van der Waals surface area contributed by atoms with E-state index in [1.165, 1.54) is 31.0 Å². The number of hydrogen-bond donors (Lipinski definition) is 0. The predicted molar refractivity (Wildman–Crippen MR) is 52.3 cm³/mol. The predicted octanol–water partition coefficient (Wildman–Crippen LogP) is 3.84. The molecule has 0 aliphatic heterocycles. The van der Waals surface area contributed by atoms with Crippen LogP contribution in [0.1, 0.15) is 32.3 Å². The van der Waals surface area contributed by atoms with Gasteiger partial charge in [0.2, 0.25) is 0 Å². The van der Waals surface area contributed by atoms with E-state index < -0.39 is 0 Å². The molecule has 61 valence electrons. The monoisotopic (exact) mass is 167 g/mol. The summed E-state index contributed by atoms with van der Waals surface area (Å²) in [7, 11) is 0.0363. The average molecular weight is 167 g/mol. The van der Waals surface area contributed by atoms with E-state index in [0.717, 1.165) is 0 Å². The molecule has 0 spiro atoms. The molecule has 1 unspecified atom stereocenters. The molecule has 1 atom stereocenters. The van der Waals surface area contributed by atoms with Gasteiger partial charge in [-0.2, -0.15) is 0 Å². The summed E-state index contributed by atoms with van der Waals surface area (Å²) in [6.07, 6.45) is 5.10. The van der Waals surface area contributed by atoms with E-state index in [9.17, 15) is 0 Å². The third kappa shape index (κ3) is 2.71. The van der Waals surface area contributed by atoms with Gasteiger partial charge in [0.1, 0.15) is 0 Å². The topological polar surface area (TPSA) is 0 Å². The molecule has 0 saturated heterocycles. The van der Waals surface area contributed by atoms with Crippen LogP contribution in [0.4, 0.5) is 0 Å². The molecule has 0 amide bonds. The third-order valence-corrected chi connectivity index (χ3v) is 3.74. The van der Waals surface area contributed by atoms with Gasteiger partial charge in [0, 0.05) is 5.80 Å². The van der Waals surface area contributed by atoms with Gasteiger partial charge in [-0.05, 0) is 30.4 Å². The molecule has 1 aromatic heterocycles. The minimum atomic E-state index is 0.0363. The van der Waals surface area contributed by atoms with Gasteiger partial charge in [-0.1, -0.05) is 26.3 Å². The van der Waals surface area contributed by atoms with Crippen LogP contribution < -0.4 is 0 Å². The van der Waals surface area contributed by atoms with Crippen molar-refractivity contribution in [3.63, 3.8) is 0 Å². The zero-order valence-corrected chi connectivity index (χ0v) is 8.32. The molecule has 0 bridgehead atoms. The Labute approximate surface area is 70.7 Å². The highest BCUT2D eigenvalue weighted by Crippen LogP contribution is 2.31. The van der Waals surface area contributed by atoms with E-state index in [1.807, 2.05) is 0 Å². The summed E-state index contributed by atoms with van der Waals surface area (Å²) in [5, 5.41) is 0. The fourth-order valence-electron chi connectivity index (χ4n) is 1.22. The van der Waals surface area contributed by atoms with E-state index in [0.29, 0.717) is 0 Å². The van der Waals surface area contributed by atoms with Gasteiger partial charge in [0.15, 0.2) is 0 Å². The van der Waals surface area contributed by atoms with Crippen LogP contribution >= 0.6 is 7.53 Å². The van der Waals surface area contributed by atoms with Crippen molar-refractivity contribution in [2.75, 3.05) is 0 Å². The van der Waals surface area contributed by atoms with Crippen molar-refractivity contribution in [3.05, 3.63) is 23.2 Å². The molecule has 0 nitrogen and oxygen atoms in total. The summed E-state index contributed by atoms with van der Waals surface area (Å²) in [5.41, 5.74) is 1.45. The summed E-state index contributed by atoms with van der Waals surface area (Å²) in [4.78, 5) is 0. The third-order valence-electron chi connectivity index (χ3n) is 1.73. The largest absolute Gasteiger partial charge is 0.116 e. The molecular formula is C10H16P. The molecule has 0 fully saturated rings. The van der Waals surface area contributed by atoms with Crippen LogP contribution in [0.2, 0.25) is 0 Å². The lowest BCUT2D eigenvalue weighted by molar-refractivity contribution is 0.925. The van der Waals surface area contributed by atoms with Gasteiger partial charge in [-0.25, -0.2) is 0 Å². The van der Waals surface area contributed by atoms with Crippen molar-refractivity contribution in [2.45, 2.75) is 39.3 Å². The highest BCUT2D eigenvalue weighted by Gasteiger charge is 1.95. The van der Waals surface area contributed by atoms with Crippen molar-refractivity contribution in [3.8, 4) is 0 Å². The summed E-state index contributed by atoms with van der Waals surface area (Å²) in [5.74, 6) is 5.91. The van der Waals surface area contributed by atoms with Crippen molar-refractivity contribution in [1.82, 2.24) is 0 Å². The molecule has 0 aromatic carbocycles. The maximum atomic E-state index is 3.56. The molecule has 0 aliphatic carbocycles. The molecule has 11 heavy (non-hydrogen) atoms. The summed E-state index contributed by atoms with van der Waals surface area (Å²) in [6, 6.07) is 2.27. The molecule has 1 rings (SSSR count). The fraction of sp³-hybridized carbons (Fsp3) is 0.600. The Morgan fingerprint density at radius 1 is 1.36 bits per heavy atom. The van der Waals surface area contributed by atoms with E-state index in [4.69, 9.17) is 0 Å². The molecule has 1 radical (unpaired) electrons. The molecular weight excluding hydrogens is 151 g/mol. The van der Waals surface area contributed by atoms with Crippen molar-refractivity contribution in [2.24, 2.45) is 0 Å². The normalized spacial score (nSPS) is 12.0. The zero-order valence-electron chi connectivity index (χ0n) is 7.43. The van der Waals surface area contributed by atoms with E-state index in [2.05, 4.69) is 31.5 Å². The van der Waals surface area contributed by atoms with Gasteiger partial charge in [-0.3, -0.25) is 0 Å². The van der Waals surface area contributed by atoms with Crippen LogP contribution in [0.3, 0.4) is 0 Å². The lowest BCUT2D eigenvalue weighted by Gasteiger charge is -1.91. The summed E-state index contributed by atoms with van der Waals surface area (Å²) in [6.45, 7) is 4.47. The lowest BCUT2D eigenvalue weighted by atomic mass is 10.2. The second-order valence-electron chi connectivity index (χ2n) is 2.90. The average Bonchev–Trinajstić information content (AvgIpc) is 2.38. The first-order valence-electron chi connectivity index (χ1n) is 4.44. The van der Waals surface area contributed by atoms with Crippen molar-refractivity contribution in [1.29, 1.82) is 0 Å². The first kappa shape index (κ1) is 8.87. The smallest absolute Gasteiger partial charge is 0.00859 e. The van der Waals surface area contributed by atoms with Gasteiger partial charge in [-0.15, -0.1) is 7.53 Å². The van der Waals surface area contributed by atoms with Crippen LogP contribution in [0.25, 0.3) is 0 Å². The highest BCUT2D eigenvalue weighted by atomic mass is 31.1. The molecule has 0 N–H and O–H groups in total. The second kappa shape index (κ2) is 4.62. The Morgan fingerprint density at radius 2 is 2.18 bits per heavy atom. The Morgan fingerprint density at radius 3 is 2.82 bits per heavy atom. The molecule has 0 aliphatic rings. The van der Waals surface area contributed by atoms with Gasteiger partial charge in [0.25, 0.3) is 0 Å². The van der Waals surface area contributed by atoms with Crippen LogP contribution in [-0.2, 0) is 12.6 Å². The Bertz CT molecular complexity index is 180. The maximum Gasteiger partial charge on any atom is 0.00859 e. The van der Waals surface area contributed by atoms with Crippen molar-refractivity contribution >= 4 is 7.53 Å². The molecule has 0 saturated carbocycles. The summed E-state index contributed by atoms with van der Waals surface area (Å²) >= 11 is 0. The molecule has 1 heterocycles. The zero-order chi connectivity index (χ0) is 8.10. The van der Waals surface area contributed by atoms with Crippen LogP contribution in [-0.4, -0.2) is 0 Å².